The van der Waals surface area contributed by atoms with Crippen molar-refractivity contribution in [3.05, 3.63) is 46.6 Å². The molecule has 0 amide bonds. The third-order valence-corrected chi connectivity index (χ3v) is 8.42. The quantitative estimate of drug-likeness (QED) is 0.595. The highest BCUT2D eigenvalue weighted by atomic mass is 32.2. The number of sulfonamides is 1. The monoisotopic (exact) mass is 423 g/mol. The second-order valence-electron chi connectivity index (χ2n) is 6.94. The van der Waals surface area contributed by atoms with Gasteiger partial charge in [-0.2, -0.15) is 9.40 Å². The van der Waals surface area contributed by atoms with Crippen LogP contribution in [0.15, 0.2) is 40.3 Å². The van der Waals surface area contributed by atoms with Crippen molar-refractivity contribution >= 4 is 31.9 Å². The summed E-state index contributed by atoms with van der Waals surface area (Å²) in [5.74, 6) is 0.527. The molecule has 1 fully saturated rings. The lowest BCUT2D eigenvalue weighted by atomic mass is 10.2. The number of hydrogen-bond donors (Lipinski definition) is 0. The molecule has 0 unspecified atom stereocenters. The SMILES string of the molecule is Cn1cc([C@@H]2C[S@](=O)CCN2S(=O)(=O)c2ccc3c(c2)n(C)c(=O)n3C)cn1. The fourth-order valence-electron chi connectivity index (χ4n) is 3.64. The van der Waals surface area contributed by atoms with Gasteiger partial charge in [-0.15, -0.1) is 0 Å². The molecule has 1 aliphatic heterocycles. The number of aryl methyl sites for hydroxylation is 3. The zero-order valence-corrected chi connectivity index (χ0v) is 17.4. The average Bonchev–Trinajstić information content (AvgIpc) is 3.19. The van der Waals surface area contributed by atoms with Crippen molar-refractivity contribution in [2.45, 2.75) is 10.9 Å². The van der Waals surface area contributed by atoms with E-state index in [2.05, 4.69) is 5.10 Å². The Morgan fingerprint density at radius 1 is 1.14 bits per heavy atom. The standard InChI is InChI=1S/C17H21N5O4S2/c1-19-10-12(9-18-19)16-11-27(24)7-6-22(16)28(25,26)13-4-5-14-15(8-13)21(3)17(23)20(14)2/h4-5,8-10,16H,6-7,11H2,1-3H3/t16-,27+/m0/s1. The van der Waals surface area contributed by atoms with Crippen LogP contribution in [0, 0.1) is 0 Å². The van der Waals surface area contributed by atoms with Crippen LogP contribution in [-0.2, 0) is 42.0 Å². The van der Waals surface area contributed by atoms with E-state index in [0.29, 0.717) is 22.3 Å². The fraction of sp³-hybridized carbons (Fsp3) is 0.412. The van der Waals surface area contributed by atoms with E-state index in [4.69, 9.17) is 0 Å². The van der Waals surface area contributed by atoms with Crippen LogP contribution in [0.1, 0.15) is 11.6 Å². The summed E-state index contributed by atoms with van der Waals surface area (Å²) in [6.07, 6.45) is 3.36. The zero-order valence-electron chi connectivity index (χ0n) is 15.8. The summed E-state index contributed by atoms with van der Waals surface area (Å²) in [4.78, 5) is 12.3. The van der Waals surface area contributed by atoms with Crippen molar-refractivity contribution in [3.63, 3.8) is 0 Å². The topological polar surface area (TPSA) is 99.2 Å². The number of aromatic nitrogens is 4. The molecule has 3 aromatic rings. The molecule has 0 N–H and O–H groups in total. The van der Waals surface area contributed by atoms with Crippen molar-refractivity contribution in [2.75, 3.05) is 18.1 Å². The lowest BCUT2D eigenvalue weighted by Gasteiger charge is -2.33. The van der Waals surface area contributed by atoms with E-state index in [1.807, 2.05) is 0 Å². The maximum absolute atomic E-state index is 13.4. The third kappa shape index (κ3) is 2.93. The Hall–Kier alpha value is -2.24. The molecular formula is C17H21N5O4S2. The summed E-state index contributed by atoms with van der Waals surface area (Å²) in [5.41, 5.74) is 1.71. The molecule has 1 aromatic carbocycles. The number of fused-ring (bicyclic) bond motifs is 1. The first-order chi connectivity index (χ1) is 13.2. The van der Waals surface area contributed by atoms with Crippen molar-refractivity contribution in [1.29, 1.82) is 0 Å². The molecule has 1 saturated heterocycles. The van der Waals surface area contributed by atoms with Crippen molar-refractivity contribution in [2.24, 2.45) is 21.1 Å². The number of rotatable bonds is 3. The molecule has 4 rings (SSSR count). The van der Waals surface area contributed by atoms with Gasteiger partial charge in [0, 0.05) is 61.8 Å². The van der Waals surface area contributed by atoms with E-state index in [1.165, 1.54) is 25.6 Å². The molecule has 3 heterocycles. The Kier molecular flexibility index (Phi) is 4.55. The summed E-state index contributed by atoms with van der Waals surface area (Å²) in [6.45, 7) is 0.167. The first-order valence-electron chi connectivity index (χ1n) is 8.71. The van der Waals surface area contributed by atoms with Gasteiger partial charge in [0.25, 0.3) is 0 Å². The Morgan fingerprint density at radius 2 is 1.86 bits per heavy atom. The predicted molar refractivity (Wildman–Crippen MR) is 106 cm³/mol. The van der Waals surface area contributed by atoms with Crippen LogP contribution < -0.4 is 5.69 Å². The van der Waals surface area contributed by atoms with Crippen LogP contribution in [0.5, 0.6) is 0 Å². The van der Waals surface area contributed by atoms with Crippen LogP contribution in [0.2, 0.25) is 0 Å². The van der Waals surface area contributed by atoms with E-state index in [9.17, 15) is 17.4 Å². The molecule has 0 bridgehead atoms. The number of benzene rings is 1. The van der Waals surface area contributed by atoms with Gasteiger partial charge in [-0.3, -0.25) is 18.0 Å². The normalized spacial score (nSPS) is 21.4. The minimum atomic E-state index is -3.85. The fourth-order valence-corrected chi connectivity index (χ4v) is 6.77. The molecular weight excluding hydrogens is 402 g/mol. The number of imidazole rings is 1. The van der Waals surface area contributed by atoms with Crippen molar-refractivity contribution in [3.8, 4) is 0 Å². The summed E-state index contributed by atoms with van der Waals surface area (Å²) < 4.78 is 44.9. The third-order valence-electron chi connectivity index (χ3n) is 5.19. The molecule has 9 nitrogen and oxygen atoms in total. The highest BCUT2D eigenvalue weighted by molar-refractivity contribution is 7.89. The van der Waals surface area contributed by atoms with Gasteiger partial charge in [-0.25, -0.2) is 13.2 Å². The predicted octanol–water partition coefficient (Wildman–Crippen LogP) is 0.105. The molecule has 2 aromatic heterocycles. The van der Waals surface area contributed by atoms with E-state index in [0.717, 1.165) is 0 Å². The Morgan fingerprint density at radius 3 is 2.54 bits per heavy atom. The Balaban J connectivity index is 1.82. The van der Waals surface area contributed by atoms with Crippen LogP contribution in [0.4, 0.5) is 0 Å². The zero-order chi connectivity index (χ0) is 20.2. The molecule has 0 aliphatic carbocycles. The van der Waals surface area contributed by atoms with Gasteiger partial charge >= 0.3 is 5.69 Å². The van der Waals surface area contributed by atoms with Gasteiger partial charge in [-0.1, -0.05) is 0 Å². The lowest BCUT2D eigenvalue weighted by Crippen LogP contribution is -2.44. The van der Waals surface area contributed by atoms with Gasteiger partial charge < -0.3 is 0 Å². The van der Waals surface area contributed by atoms with Gasteiger partial charge in [-0.05, 0) is 18.2 Å². The van der Waals surface area contributed by atoms with Gasteiger partial charge in [0.2, 0.25) is 10.0 Å². The number of nitrogens with zero attached hydrogens (tertiary/aromatic N) is 5. The van der Waals surface area contributed by atoms with Crippen LogP contribution in [0.25, 0.3) is 11.0 Å². The molecule has 1 aliphatic rings. The largest absolute Gasteiger partial charge is 0.328 e. The lowest BCUT2D eigenvalue weighted by molar-refractivity contribution is 0.351. The molecule has 0 saturated carbocycles. The molecule has 150 valence electrons. The Labute approximate surface area is 164 Å². The average molecular weight is 424 g/mol. The minimum absolute atomic E-state index is 0.114. The van der Waals surface area contributed by atoms with Crippen LogP contribution in [0.3, 0.4) is 0 Å². The molecule has 0 radical (unpaired) electrons. The second-order valence-corrected chi connectivity index (χ2v) is 10.5. The summed E-state index contributed by atoms with van der Waals surface area (Å²) in [5, 5.41) is 4.13. The summed E-state index contributed by atoms with van der Waals surface area (Å²) >= 11 is 0. The van der Waals surface area contributed by atoms with Crippen LogP contribution in [-0.4, -0.2) is 53.9 Å². The van der Waals surface area contributed by atoms with Crippen molar-refractivity contribution in [1.82, 2.24) is 23.2 Å². The molecule has 11 heteroatoms. The highest BCUT2D eigenvalue weighted by Gasteiger charge is 2.37. The van der Waals surface area contributed by atoms with Gasteiger partial charge in [0.15, 0.2) is 0 Å². The maximum Gasteiger partial charge on any atom is 0.328 e. The summed E-state index contributed by atoms with van der Waals surface area (Å²) in [7, 11) is 0.0815. The van der Waals surface area contributed by atoms with E-state index >= 15 is 0 Å². The van der Waals surface area contributed by atoms with Crippen molar-refractivity contribution < 1.29 is 12.6 Å². The Bertz CT molecular complexity index is 1250. The summed E-state index contributed by atoms with van der Waals surface area (Å²) in [6, 6.07) is 4.15. The molecule has 0 spiro atoms. The first kappa shape index (κ1) is 19.1. The molecule has 2 atom stereocenters. The smallest absolute Gasteiger partial charge is 0.295 e. The second kappa shape index (κ2) is 6.68. The van der Waals surface area contributed by atoms with E-state index in [-0.39, 0.29) is 22.9 Å². The van der Waals surface area contributed by atoms with Gasteiger partial charge in [0.05, 0.1) is 28.2 Å². The van der Waals surface area contributed by atoms with Gasteiger partial charge in [0.1, 0.15) is 0 Å². The van der Waals surface area contributed by atoms with Crippen LogP contribution >= 0.6 is 0 Å². The molecule has 28 heavy (non-hydrogen) atoms. The minimum Gasteiger partial charge on any atom is -0.295 e. The van der Waals surface area contributed by atoms with E-state index < -0.39 is 26.9 Å². The van der Waals surface area contributed by atoms with E-state index in [1.54, 1.807) is 44.3 Å². The first-order valence-corrected chi connectivity index (χ1v) is 11.6. The number of hydrogen-bond acceptors (Lipinski definition) is 5. The highest BCUT2D eigenvalue weighted by Crippen LogP contribution is 2.32. The maximum atomic E-state index is 13.4.